The molecule has 0 saturated carbocycles. The number of carbonyl (C=O) groups excluding carboxylic acids is 1. The van der Waals surface area contributed by atoms with Crippen LogP contribution in [0.15, 0.2) is 23.4 Å². The Kier molecular flexibility index (Phi) is 5.11. The van der Waals surface area contributed by atoms with Crippen LogP contribution in [0, 0.1) is 20.8 Å². The van der Waals surface area contributed by atoms with Crippen LogP contribution in [-0.2, 0) is 9.53 Å². The zero-order chi connectivity index (χ0) is 18.1. The number of carbonyl (C=O) groups is 1. The van der Waals surface area contributed by atoms with E-state index in [0.717, 1.165) is 16.8 Å². The van der Waals surface area contributed by atoms with Crippen LogP contribution >= 0.6 is 12.2 Å². The summed E-state index contributed by atoms with van der Waals surface area (Å²) >= 11 is 5.37. The highest BCUT2D eigenvalue weighted by Gasteiger charge is 2.34. The number of morpholine rings is 1. The van der Waals surface area contributed by atoms with Crippen molar-refractivity contribution >= 4 is 23.2 Å². The summed E-state index contributed by atoms with van der Waals surface area (Å²) < 4.78 is 5.38. The molecule has 3 rings (SSSR count). The lowest BCUT2D eigenvalue weighted by atomic mass is 9.87. The molecule has 2 N–H and O–H groups in total. The summed E-state index contributed by atoms with van der Waals surface area (Å²) in [4.78, 5) is 15.1. The van der Waals surface area contributed by atoms with Crippen molar-refractivity contribution in [1.82, 2.24) is 15.5 Å². The van der Waals surface area contributed by atoms with Gasteiger partial charge in [-0.15, -0.1) is 0 Å². The highest BCUT2D eigenvalue weighted by molar-refractivity contribution is 7.80. The third-order valence-corrected chi connectivity index (χ3v) is 5.04. The third-order valence-electron chi connectivity index (χ3n) is 4.82. The SMILES string of the molecule is CC1=C(C(=O)N2CCOCC2)[C@@H](c2c(C)cc(C)cc2C)NC(=S)N1. The average molecular weight is 359 g/mol. The van der Waals surface area contributed by atoms with Gasteiger partial charge in [-0.2, -0.15) is 0 Å². The Hall–Kier alpha value is -1.92. The predicted molar refractivity (Wildman–Crippen MR) is 102 cm³/mol. The van der Waals surface area contributed by atoms with E-state index in [4.69, 9.17) is 17.0 Å². The number of nitrogens with zero attached hydrogens (tertiary/aromatic N) is 1. The van der Waals surface area contributed by atoms with Crippen LogP contribution in [0.1, 0.15) is 35.2 Å². The second-order valence-electron chi connectivity index (χ2n) is 6.79. The molecule has 1 atom stereocenters. The first-order chi connectivity index (χ1) is 11.9. The molecule has 25 heavy (non-hydrogen) atoms. The molecule has 0 bridgehead atoms. The van der Waals surface area contributed by atoms with Crippen LogP contribution in [0.4, 0.5) is 0 Å². The summed E-state index contributed by atoms with van der Waals surface area (Å²) in [5, 5.41) is 6.99. The van der Waals surface area contributed by atoms with Crippen LogP contribution in [0.5, 0.6) is 0 Å². The first-order valence-corrected chi connectivity index (χ1v) is 9.02. The molecule has 1 aromatic carbocycles. The molecule has 5 nitrogen and oxygen atoms in total. The molecule has 0 aliphatic carbocycles. The molecule has 1 fully saturated rings. The molecule has 0 unspecified atom stereocenters. The Morgan fingerprint density at radius 3 is 2.36 bits per heavy atom. The van der Waals surface area contributed by atoms with E-state index >= 15 is 0 Å². The van der Waals surface area contributed by atoms with Crippen LogP contribution in [0.3, 0.4) is 0 Å². The van der Waals surface area contributed by atoms with Gasteiger partial charge in [0, 0.05) is 18.8 Å². The van der Waals surface area contributed by atoms with E-state index in [1.807, 2.05) is 11.8 Å². The first-order valence-electron chi connectivity index (χ1n) is 8.61. The fourth-order valence-corrected chi connectivity index (χ4v) is 4.05. The maximum absolute atomic E-state index is 13.2. The van der Waals surface area contributed by atoms with Crippen molar-refractivity contribution in [3.05, 3.63) is 45.7 Å². The van der Waals surface area contributed by atoms with Crippen molar-refractivity contribution in [2.75, 3.05) is 26.3 Å². The summed E-state index contributed by atoms with van der Waals surface area (Å²) in [7, 11) is 0. The van der Waals surface area contributed by atoms with E-state index in [1.165, 1.54) is 16.7 Å². The molecule has 1 amide bonds. The minimum atomic E-state index is -0.232. The van der Waals surface area contributed by atoms with E-state index in [1.54, 1.807) is 0 Å². The number of hydrogen-bond acceptors (Lipinski definition) is 3. The van der Waals surface area contributed by atoms with Crippen LogP contribution in [-0.4, -0.2) is 42.2 Å². The Balaban J connectivity index is 2.05. The highest BCUT2D eigenvalue weighted by atomic mass is 32.1. The van der Waals surface area contributed by atoms with Crippen molar-refractivity contribution in [1.29, 1.82) is 0 Å². The Morgan fingerprint density at radius 2 is 1.76 bits per heavy atom. The number of allylic oxidation sites excluding steroid dienone is 1. The highest BCUT2D eigenvalue weighted by Crippen LogP contribution is 2.33. The van der Waals surface area contributed by atoms with Gasteiger partial charge >= 0.3 is 0 Å². The van der Waals surface area contributed by atoms with E-state index < -0.39 is 0 Å². The standard InChI is InChI=1S/C19H25N3O2S/c1-11-9-12(2)15(13(3)10-11)17-16(14(4)20-19(25)21-17)18(23)22-5-7-24-8-6-22/h9-10,17H,5-8H2,1-4H3,(H2,20,21,25)/t17-/m1/s1. The fraction of sp³-hybridized carbons (Fsp3) is 0.474. The summed E-state index contributed by atoms with van der Waals surface area (Å²) in [5.74, 6) is 0.0488. The number of aryl methyl sites for hydroxylation is 3. The zero-order valence-electron chi connectivity index (χ0n) is 15.2. The topological polar surface area (TPSA) is 53.6 Å². The molecule has 0 radical (unpaired) electrons. The third kappa shape index (κ3) is 3.55. The van der Waals surface area contributed by atoms with Gasteiger partial charge in [-0.1, -0.05) is 17.7 Å². The van der Waals surface area contributed by atoms with Gasteiger partial charge in [0.25, 0.3) is 5.91 Å². The van der Waals surface area contributed by atoms with E-state index in [2.05, 4.69) is 43.5 Å². The lowest BCUT2D eigenvalue weighted by Gasteiger charge is -2.36. The lowest BCUT2D eigenvalue weighted by Crippen LogP contribution is -2.49. The largest absolute Gasteiger partial charge is 0.378 e. The summed E-state index contributed by atoms with van der Waals surface area (Å²) in [6, 6.07) is 4.08. The molecule has 2 aliphatic heterocycles. The lowest BCUT2D eigenvalue weighted by molar-refractivity contribution is -0.131. The van der Waals surface area contributed by atoms with Crippen molar-refractivity contribution in [3.8, 4) is 0 Å². The van der Waals surface area contributed by atoms with Gasteiger partial charge in [0.05, 0.1) is 24.8 Å². The molecular formula is C19H25N3O2S. The molecule has 0 aromatic heterocycles. The normalized spacial score (nSPS) is 21.0. The van der Waals surface area contributed by atoms with Gasteiger partial charge < -0.3 is 20.3 Å². The molecule has 2 aliphatic rings. The second-order valence-corrected chi connectivity index (χ2v) is 7.20. The van der Waals surface area contributed by atoms with Crippen LogP contribution in [0.2, 0.25) is 0 Å². The van der Waals surface area contributed by atoms with Crippen molar-refractivity contribution in [2.24, 2.45) is 0 Å². The van der Waals surface area contributed by atoms with E-state index in [0.29, 0.717) is 31.4 Å². The van der Waals surface area contributed by atoms with Gasteiger partial charge in [-0.05, 0) is 56.6 Å². The minimum Gasteiger partial charge on any atom is -0.378 e. The fourth-order valence-electron chi connectivity index (χ4n) is 3.78. The number of nitrogens with one attached hydrogen (secondary N) is 2. The first kappa shape index (κ1) is 17.9. The van der Waals surface area contributed by atoms with Gasteiger partial charge in [0.2, 0.25) is 0 Å². The summed E-state index contributed by atoms with van der Waals surface area (Å²) in [5.41, 5.74) is 6.25. The summed E-state index contributed by atoms with van der Waals surface area (Å²) in [6.45, 7) is 10.6. The van der Waals surface area contributed by atoms with E-state index in [-0.39, 0.29) is 11.9 Å². The zero-order valence-corrected chi connectivity index (χ0v) is 16.0. The molecule has 1 aromatic rings. The number of amides is 1. The second kappa shape index (κ2) is 7.14. The maximum Gasteiger partial charge on any atom is 0.254 e. The van der Waals surface area contributed by atoms with Gasteiger partial charge in [-0.25, -0.2) is 0 Å². The number of hydrogen-bond donors (Lipinski definition) is 2. The molecular weight excluding hydrogens is 334 g/mol. The average Bonchev–Trinajstić information content (AvgIpc) is 2.54. The van der Waals surface area contributed by atoms with Crippen molar-refractivity contribution in [3.63, 3.8) is 0 Å². The van der Waals surface area contributed by atoms with Crippen LogP contribution < -0.4 is 10.6 Å². The maximum atomic E-state index is 13.2. The number of rotatable bonds is 2. The molecule has 6 heteroatoms. The van der Waals surface area contributed by atoms with Crippen LogP contribution in [0.25, 0.3) is 0 Å². The van der Waals surface area contributed by atoms with Gasteiger partial charge in [0.15, 0.2) is 5.11 Å². The molecule has 1 saturated heterocycles. The van der Waals surface area contributed by atoms with E-state index in [9.17, 15) is 4.79 Å². The van der Waals surface area contributed by atoms with Crippen molar-refractivity contribution in [2.45, 2.75) is 33.7 Å². The quantitative estimate of drug-likeness (QED) is 0.794. The number of benzene rings is 1. The Morgan fingerprint density at radius 1 is 1.16 bits per heavy atom. The summed E-state index contributed by atoms with van der Waals surface area (Å²) in [6.07, 6.45) is 0. The Labute approximate surface area is 154 Å². The van der Waals surface area contributed by atoms with Gasteiger partial charge in [0.1, 0.15) is 0 Å². The smallest absolute Gasteiger partial charge is 0.254 e. The Bertz CT molecular complexity index is 728. The molecule has 0 spiro atoms. The van der Waals surface area contributed by atoms with Crippen molar-refractivity contribution < 1.29 is 9.53 Å². The molecule has 134 valence electrons. The number of thiocarbonyl (C=S) groups is 1. The molecule has 2 heterocycles. The minimum absolute atomic E-state index is 0.0488. The number of ether oxygens (including phenoxy) is 1. The van der Waals surface area contributed by atoms with Gasteiger partial charge in [-0.3, -0.25) is 4.79 Å². The predicted octanol–water partition coefficient (Wildman–Crippen LogP) is 2.26. The monoisotopic (exact) mass is 359 g/mol.